The molecule has 0 fully saturated rings. The molecule has 0 radical (unpaired) electrons. The van der Waals surface area contributed by atoms with Crippen LogP contribution in [0.4, 0.5) is 0 Å². The van der Waals surface area contributed by atoms with Crippen LogP contribution in [0.5, 0.6) is 0 Å². The van der Waals surface area contributed by atoms with E-state index in [1.807, 2.05) is 66.4 Å². The fourth-order valence-electron chi connectivity index (χ4n) is 4.10. The Balaban J connectivity index is 1.90. The van der Waals surface area contributed by atoms with Gasteiger partial charge in [0.1, 0.15) is 0 Å². The van der Waals surface area contributed by atoms with Crippen molar-refractivity contribution in [1.82, 2.24) is 15.5 Å². The number of carbonyl (C=O) groups is 2. The van der Waals surface area contributed by atoms with Gasteiger partial charge in [0.2, 0.25) is 11.8 Å². The van der Waals surface area contributed by atoms with Crippen LogP contribution in [0.1, 0.15) is 62.6 Å². The molecular weight excluding hydrogens is 438 g/mol. The largest absolute Gasteiger partial charge is 0.390 e. The van der Waals surface area contributed by atoms with Crippen LogP contribution in [0.25, 0.3) is 0 Å². The van der Waals surface area contributed by atoms with Crippen molar-refractivity contribution in [2.24, 2.45) is 0 Å². The molecule has 2 atom stereocenters. The zero-order chi connectivity index (χ0) is 25.5. The number of rotatable bonds is 16. The monoisotopic (exact) mass is 481 g/mol. The number of amides is 2. The van der Waals surface area contributed by atoms with Crippen molar-refractivity contribution in [3.05, 3.63) is 71.3 Å². The third-order valence-electron chi connectivity index (χ3n) is 6.05. The lowest BCUT2D eigenvalue weighted by Gasteiger charge is -2.25. The SMILES string of the molecule is CCCN(CCC)C(=O)CCCC(=O)N[C@@H](Cc1ccc(C)cc1)[C@H](O)CNCc1ccccc1. The summed E-state index contributed by atoms with van der Waals surface area (Å²) < 4.78 is 0. The van der Waals surface area contributed by atoms with E-state index in [1.165, 1.54) is 5.56 Å². The van der Waals surface area contributed by atoms with Crippen molar-refractivity contribution < 1.29 is 14.7 Å². The molecule has 0 aliphatic carbocycles. The van der Waals surface area contributed by atoms with Gasteiger partial charge < -0.3 is 20.6 Å². The van der Waals surface area contributed by atoms with Gasteiger partial charge >= 0.3 is 0 Å². The Hall–Kier alpha value is -2.70. The molecule has 0 heterocycles. The molecule has 192 valence electrons. The van der Waals surface area contributed by atoms with Crippen LogP contribution in [0.15, 0.2) is 54.6 Å². The fraction of sp³-hybridized carbons (Fsp3) is 0.517. The molecule has 35 heavy (non-hydrogen) atoms. The number of nitrogens with zero attached hydrogens (tertiary/aromatic N) is 1. The molecule has 6 heteroatoms. The van der Waals surface area contributed by atoms with E-state index in [0.29, 0.717) is 32.4 Å². The number of aryl methyl sites for hydroxylation is 1. The minimum Gasteiger partial charge on any atom is -0.390 e. The minimum atomic E-state index is -0.741. The summed E-state index contributed by atoms with van der Waals surface area (Å²) in [5.41, 5.74) is 3.38. The number of nitrogens with one attached hydrogen (secondary N) is 2. The second-order valence-corrected chi connectivity index (χ2v) is 9.28. The number of benzene rings is 2. The van der Waals surface area contributed by atoms with Gasteiger partial charge in [-0.15, -0.1) is 0 Å². The molecule has 2 aromatic rings. The van der Waals surface area contributed by atoms with Crippen molar-refractivity contribution >= 4 is 11.8 Å². The maximum atomic E-state index is 12.7. The molecular formula is C29H43N3O3. The number of hydrogen-bond acceptors (Lipinski definition) is 4. The Bertz CT molecular complexity index is 865. The molecule has 2 amide bonds. The molecule has 0 saturated carbocycles. The predicted octanol–water partition coefficient (Wildman–Crippen LogP) is 3.99. The normalized spacial score (nSPS) is 12.7. The molecule has 0 aliphatic heterocycles. The molecule has 0 aliphatic rings. The summed E-state index contributed by atoms with van der Waals surface area (Å²) in [6.07, 6.45) is 2.82. The highest BCUT2D eigenvalue weighted by molar-refractivity contribution is 5.79. The Morgan fingerprint density at radius 2 is 1.57 bits per heavy atom. The number of hydrogen-bond donors (Lipinski definition) is 3. The molecule has 0 saturated heterocycles. The molecule has 0 unspecified atom stereocenters. The first kappa shape index (κ1) is 28.5. The van der Waals surface area contributed by atoms with Gasteiger partial charge in [-0.3, -0.25) is 9.59 Å². The van der Waals surface area contributed by atoms with Gasteiger partial charge in [0.15, 0.2) is 0 Å². The minimum absolute atomic E-state index is 0.114. The van der Waals surface area contributed by atoms with Crippen LogP contribution in [-0.4, -0.2) is 53.6 Å². The smallest absolute Gasteiger partial charge is 0.222 e. The van der Waals surface area contributed by atoms with Crippen LogP contribution in [0, 0.1) is 6.92 Å². The summed E-state index contributed by atoms with van der Waals surface area (Å²) in [6, 6.07) is 17.8. The van der Waals surface area contributed by atoms with Gasteiger partial charge in [0, 0.05) is 39.0 Å². The van der Waals surface area contributed by atoms with Gasteiger partial charge in [-0.05, 0) is 43.7 Å². The molecule has 2 rings (SSSR count). The van der Waals surface area contributed by atoms with E-state index in [0.717, 1.165) is 37.1 Å². The summed E-state index contributed by atoms with van der Waals surface area (Å²) in [5.74, 6) is -0.0163. The predicted molar refractivity (Wildman–Crippen MR) is 142 cm³/mol. The second kappa shape index (κ2) is 16.1. The van der Waals surface area contributed by atoms with Crippen LogP contribution >= 0.6 is 0 Å². The van der Waals surface area contributed by atoms with E-state index < -0.39 is 12.1 Å². The summed E-state index contributed by atoms with van der Waals surface area (Å²) in [4.78, 5) is 27.1. The summed E-state index contributed by atoms with van der Waals surface area (Å²) >= 11 is 0. The number of aliphatic hydroxyl groups excluding tert-OH is 1. The van der Waals surface area contributed by atoms with E-state index in [-0.39, 0.29) is 18.2 Å². The molecule has 2 aromatic carbocycles. The first-order valence-corrected chi connectivity index (χ1v) is 13.0. The number of aliphatic hydroxyl groups is 1. The molecule has 0 bridgehead atoms. The lowest BCUT2D eigenvalue weighted by molar-refractivity contribution is -0.131. The van der Waals surface area contributed by atoms with E-state index in [9.17, 15) is 14.7 Å². The quantitative estimate of drug-likeness (QED) is 0.339. The van der Waals surface area contributed by atoms with E-state index in [2.05, 4.69) is 24.5 Å². The highest BCUT2D eigenvalue weighted by Crippen LogP contribution is 2.10. The average molecular weight is 482 g/mol. The van der Waals surface area contributed by atoms with Gasteiger partial charge in [-0.25, -0.2) is 0 Å². The lowest BCUT2D eigenvalue weighted by atomic mass is 9.99. The van der Waals surface area contributed by atoms with Crippen molar-refractivity contribution in [1.29, 1.82) is 0 Å². The highest BCUT2D eigenvalue weighted by atomic mass is 16.3. The van der Waals surface area contributed by atoms with Crippen molar-refractivity contribution in [3.63, 3.8) is 0 Å². The van der Waals surface area contributed by atoms with Crippen molar-refractivity contribution in [3.8, 4) is 0 Å². The van der Waals surface area contributed by atoms with Crippen LogP contribution in [0.3, 0.4) is 0 Å². The van der Waals surface area contributed by atoms with Crippen molar-refractivity contribution in [2.75, 3.05) is 19.6 Å². The third-order valence-corrected chi connectivity index (χ3v) is 6.05. The Morgan fingerprint density at radius 3 is 2.20 bits per heavy atom. The molecule has 0 aromatic heterocycles. The summed E-state index contributed by atoms with van der Waals surface area (Å²) in [7, 11) is 0. The number of carbonyl (C=O) groups excluding carboxylic acids is 2. The van der Waals surface area contributed by atoms with Gasteiger partial charge in [-0.2, -0.15) is 0 Å². The Morgan fingerprint density at radius 1 is 0.914 bits per heavy atom. The summed E-state index contributed by atoms with van der Waals surface area (Å²) in [6.45, 7) is 8.72. The van der Waals surface area contributed by atoms with Crippen LogP contribution < -0.4 is 10.6 Å². The lowest BCUT2D eigenvalue weighted by Crippen LogP contribution is -2.48. The molecule has 0 spiro atoms. The standard InChI is InChI=1S/C29H43N3O3/c1-4-18-32(19-5-2)29(35)13-9-12-28(34)31-26(20-24-16-14-23(3)15-17-24)27(33)22-30-21-25-10-7-6-8-11-25/h6-8,10-11,14-17,26-27,30,33H,4-5,9,12-13,18-22H2,1-3H3,(H,31,34)/t26-,27+/m0/s1. The molecule has 6 nitrogen and oxygen atoms in total. The maximum absolute atomic E-state index is 12.7. The fourth-order valence-corrected chi connectivity index (χ4v) is 4.10. The van der Waals surface area contributed by atoms with Gasteiger partial charge in [0.05, 0.1) is 12.1 Å². The average Bonchev–Trinajstić information content (AvgIpc) is 2.85. The zero-order valence-corrected chi connectivity index (χ0v) is 21.6. The Kier molecular flexibility index (Phi) is 13.1. The maximum Gasteiger partial charge on any atom is 0.222 e. The van der Waals surface area contributed by atoms with Crippen LogP contribution in [0.2, 0.25) is 0 Å². The van der Waals surface area contributed by atoms with Crippen molar-refractivity contribution in [2.45, 2.75) is 78.0 Å². The van der Waals surface area contributed by atoms with E-state index >= 15 is 0 Å². The highest BCUT2D eigenvalue weighted by Gasteiger charge is 2.22. The van der Waals surface area contributed by atoms with Gasteiger partial charge in [0.25, 0.3) is 0 Å². The van der Waals surface area contributed by atoms with E-state index in [4.69, 9.17) is 0 Å². The topological polar surface area (TPSA) is 81.7 Å². The zero-order valence-electron chi connectivity index (χ0n) is 21.6. The first-order valence-electron chi connectivity index (χ1n) is 13.0. The first-order chi connectivity index (χ1) is 16.9. The Labute approximate surface area is 211 Å². The summed E-state index contributed by atoms with van der Waals surface area (Å²) in [5, 5.41) is 17.2. The van der Waals surface area contributed by atoms with E-state index in [1.54, 1.807) is 0 Å². The van der Waals surface area contributed by atoms with Gasteiger partial charge in [-0.1, -0.05) is 74.0 Å². The molecule has 3 N–H and O–H groups in total. The third kappa shape index (κ3) is 11.1. The van der Waals surface area contributed by atoms with Crippen LogP contribution in [-0.2, 0) is 22.6 Å². The second-order valence-electron chi connectivity index (χ2n) is 9.28.